The van der Waals surface area contributed by atoms with E-state index in [4.69, 9.17) is 4.74 Å². The minimum Gasteiger partial charge on any atom is -0.375 e. The van der Waals surface area contributed by atoms with Gasteiger partial charge in [0.05, 0.1) is 13.2 Å². The van der Waals surface area contributed by atoms with Crippen molar-refractivity contribution in [2.45, 2.75) is 11.5 Å². The molecule has 5 nitrogen and oxygen atoms in total. The van der Waals surface area contributed by atoms with Gasteiger partial charge in [-0.15, -0.1) is 4.40 Å². The molecule has 0 N–H and O–H groups in total. The van der Waals surface area contributed by atoms with Gasteiger partial charge in [0.15, 0.2) is 5.84 Å². The summed E-state index contributed by atoms with van der Waals surface area (Å²) >= 11 is 0. The van der Waals surface area contributed by atoms with Crippen molar-refractivity contribution in [3.05, 3.63) is 65.7 Å². The van der Waals surface area contributed by atoms with E-state index in [1.807, 2.05) is 48.3 Å². The van der Waals surface area contributed by atoms with Crippen molar-refractivity contribution in [3.63, 3.8) is 0 Å². The smallest absolute Gasteiger partial charge is 0.285 e. The fourth-order valence-electron chi connectivity index (χ4n) is 2.44. The molecule has 0 fully saturated rings. The van der Waals surface area contributed by atoms with Crippen molar-refractivity contribution in [1.29, 1.82) is 0 Å². The van der Waals surface area contributed by atoms with Gasteiger partial charge in [-0.05, 0) is 17.7 Å². The molecular formula is C17H18N2O3S. The van der Waals surface area contributed by atoms with Gasteiger partial charge in [0.2, 0.25) is 0 Å². The summed E-state index contributed by atoms with van der Waals surface area (Å²) in [5, 5.41) is 0. The summed E-state index contributed by atoms with van der Waals surface area (Å²) in [6, 6.07) is 16.8. The maximum atomic E-state index is 12.0. The molecule has 0 saturated carbocycles. The van der Waals surface area contributed by atoms with Gasteiger partial charge in [0, 0.05) is 19.2 Å². The third kappa shape index (κ3) is 3.43. The number of likely N-dealkylation sites (N-methyl/N-ethyl adjacent to an activating group) is 1. The highest BCUT2D eigenvalue weighted by Crippen LogP contribution is 2.26. The van der Waals surface area contributed by atoms with Crippen molar-refractivity contribution in [2.24, 2.45) is 4.40 Å². The summed E-state index contributed by atoms with van der Waals surface area (Å²) in [5.41, 5.74) is 1.76. The van der Waals surface area contributed by atoms with Gasteiger partial charge in [-0.1, -0.05) is 42.5 Å². The first-order chi connectivity index (χ1) is 11.1. The van der Waals surface area contributed by atoms with Crippen LogP contribution in [-0.2, 0) is 21.4 Å². The second-order valence-electron chi connectivity index (χ2n) is 5.35. The van der Waals surface area contributed by atoms with Crippen molar-refractivity contribution < 1.29 is 13.2 Å². The van der Waals surface area contributed by atoms with E-state index in [1.165, 1.54) is 0 Å². The number of amidine groups is 1. The Balaban J connectivity index is 1.60. The highest BCUT2D eigenvalue weighted by Gasteiger charge is 2.30. The standard InChI is InChI=1S/C17H18N2O3S/c1-19(11-12-22-13-14-7-3-2-4-8-14)17-15-9-5-6-10-16(15)23(20,21)18-17/h2-10H,11-13H2,1H3. The first-order valence-corrected chi connectivity index (χ1v) is 8.79. The number of benzene rings is 2. The summed E-state index contributed by atoms with van der Waals surface area (Å²) < 4.78 is 33.6. The third-order valence-corrected chi connectivity index (χ3v) is 4.98. The minimum atomic E-state index is -3.57. The lowest BCUT2D eigenvalue weighted by Gasteiger charge is -2.18. The van der Waals surface area contributed by atoms with E-state index in [0.29, 0.717) is 31.2 Å². The van der Waals surface area contributed by atoms with Crippen molar-refractivity contribution in [3.8, 4) is 0 Å². The number of fused-ring (bicyclic) bond motifs is 1. The summed E-state index contributed by atoms with van der Waals surface area (Å²) in [4.78, 5) is 2.08. The van der Waals surface area contributed by atoms with Crippen LogP contribution >= 0.6 is 0 Å². The molecule has 1 heterocycles. The Morgan fingerprint density at radius 3 is 2.52 bits per heavy atom. The molecule has 0 amide bonds. The van der Waals surface area contributed by atoms with Crippen LogP contribution in [0.15, 0.2) is 63.9 Å². The van der Waals surface area contributed by atoms with Crippen LogP contribution in [0.5, 0.6) is 0 Å². The predicted molar refractivity (Wildman–Crippen MR) is 88.9 cm³/mol. The molecule has 0 bridgehead atoms. The van der Waals surface area contributed by atoms with Gasteiger partial charge in [-0.2, -0.15) is 8.42 Å². The molecule has 120 valence electrons. The lowest BCUT2D eigenvalue weighted by atomic mass is 10.2. The average molecular weight is 330 g/mol. The van der Waals surface area contributed by atoms with Crippen molar-refractivity contribution in [2.75, 3.05) is 20.2 Å². The van der Waals surface area contributed by atoms with E-state index in [1.54, 1.807) is 18.2 Å². The van der Waals surface area contributed by atoms with Crippen molar-refractivity contribution in [1.82, 2.24) is 4.90 Å². The quantitative estimate of drug-likeness (QED) is 0.789. The lowest BCUT2D eigenvalue weighted by molar-refractivity contribution is 0.112. The first kappa shape index (κ1) is 15.7. The second kappa shape index (κ2) is 6.52. The Bertz CT molecular complexity index is 817. The molecule has 1 aliphatic heterocycles. The van der Waals surface area contributed by atoms with Crippen LogP contribution in [0.25, 0.3) is 0 Å². The topological polar surface area (TPSA) is 59.0 Å². The van der Waals surface area contributed by atoms with Crippen LogP contribution < -0.4 is 0 Å². The van der Waals surface area contributed by atoms with Gasteiger partial charge in [-0.25, -0.2) is 0 Å². The zero-order valence-electron chi connectivity index (χ0n) is 12.8. The molecule has 0 atom stereocenters. The molecule has 0 spiro atoms. The maximum Gasteiger partial charge on any atom is 0.285 e. The lowest BCUT2D eigenvalue weighted by Crippen LogP contribution is -2.30. The van der Waals surface area contributed by atoms with Crippen LogP contribution in [0.3, 0.4) is 0 Å². The molecule has 23 heavy (non-hydrogen) atoms. The normalized spacial score (nSPS) is 15.1. The van der Waals surface area contributed by atoms with Crippen LogP contribution in [0.2, 0.25) is 0 Å². The fraction of sp³-hybridized carbons (Fsp3) is 0.235. The van der Waals surface area contributed by atoms with E-state index in [2.05, 4.69) is 4.40 Å². The number of hydrogen-bond acceptors (Lipinski definition) is 4. The summed E-state index contributed by atoms with van der Waals surface area (Å²) in [6.45, 7) is 1.60. The zero-order chi connectivity index (χ0) is 16.3. The van der Waals surface area contributed by atoms with Gasteiger partial charge < -0.3 is 9.64 Å². The minimum absolute atomic E-state index is 0.270. The molecular weight excluding hydrogens is 312 g/mol. The summed E-state index contributed by atoms with van der Waals surface area (Å²) in [6.07, 6.45) is 0. The monoisotopic (exact) mass is 330 g/mol. The van der Waals surface area contributed by atoms with Crippen LogP contribution in [0.1, 0.15) is 11.1 Å². The molecule has 0 saturated heterocycles. The van der Waals surface area contributed by atoms with Crippen LogP contribution in [-0.4, -0.2) is 39.4 Å². The summed E-state index contributed by atoms with van der Waals surface area (Å²) in [7, 11) is -1.75. The Morgan fingerprint density at radius 2 is 1.74 bits per heavy atom. The zero-order valence-corrected chi connectivity index (χ0v) is 13.7. The molecule has 0 unspecified atom stereocenters. The van der Waals surface area contributed by atoms with E-state index >= 15 is 0 Å². The molecule has 1 aliphatic rings. The Morgan fingerprint density at radius 1 is 1.04 bits per heavy atom. The Kier molecular flexibility index (Phi) is 4.45. The molecule has 2 aromatic carbocycles. The van der Waals surface area contributed by atoms with Gasteiger partial charge >= 0.3 is 0 Å². The maximum absolute atomic E-state index is 12.0. The Hall–Kier alpha value is -2.18. The molecule has 0 radical (unpaired) electrons. The number of nitrogens with zero attached hydrogens (tertiary/aromatic N) is 2. The fourth-order valence-corrected chi connectivity index (χ4v) is 3.69. The first-order valence-electron chi connectivity index (χ1n) is 7.35. The van der Waals surface area contributed by atoms with Crippen molar-refractivity contribution >= 4 is 15.9 Å². The van der Waals surface area contributed by atoms with E-state index in [9.17, 15) is 8.42 Å². The predicted octanol–water partition coefficient (Wildman–Crippen LogP) is 2.28. The highest BCUT2D eigenvalue weighted by molar-refractivity contribution is 7.90. The number of ether oxygens (including phenoxy) is 1. The van der Waals surface area contributed by atoms with E-state index < -0.39 is 10.0 Å². The summed E-state index contributed by atoms with van der Waals surface area (Å²) in [5.74, 6) is 0.476. The second-order valence-corrected chi connectivity index (χ2v) is 6.92. The molecule has 0 aromatic heterocycles. The van der Waals surface area contributed by atoms with Gasteiger partial charge in [-0.3, -0.25) is 0 Å². The Labute approximate surface area is 136 Å². The number of hydrogen-bond donors (Lipinski definition) is 0. The molecule has 2 aromatic rings. The number of sulfonamides is 1. The molecule has 3 rings (SSSR count). The third-order valence-electron chi connectivity index (χ3n) is 3.66. The van der Waals surface area contributed by atoms with Crippen LogP contribution in [0.4, 0.5) is 0 Å². The average Bonchev–Trinajstić information content (AvgIpc) is 2.84. The molecule has 0 aliphatic carbocycles. The van der Waals surface area contributed by atoms with Gasteiger partial charge in [0.25, 0.3) is 10.0 Å². The SMILES string of the molecule is CN(CCOCc1ccccc1)C1=NS(=O)(=O)c2ccccc21. The van der Waals surface area contributed by atoms with E-state index in [0.717, 1.165) is 5.56 Å². The largest absolute Gasteiger partial charge is 0.375 e. The van der Waals surface area contributed by atoms with E-state index in [-0.39, 0.29) is 4.90 Å². The highest BCUT2D eigenvalue weighted by atomic mass is 32.2. The molecule has 6 heteroatoms. The van der Waals surface area contributed by atoms with Crippen LogP contribution in [0, 0.1) is 0 Å². The number of rotatable bonds is 5. The van der Waals surface area contributed by atoms with Gasteiger partial charge in [0.1, 0.15) is 4.90 Å².